The van der Waals surface area contributed by atoms with Crippen LogP contribution in [0.4, 0.5) is 10.1 Å². The number of para-hydroxylation sites is 1. The molecule has 0 radical (unpaired) electrons. The summed E-state index contributed by atoms with van der Waals surface area (Å²) in [6, 6.07) is 17.0. The second-order valence-corrected chi connectivity index (χ2v) is 6.77. The first kappa shape index (κ1) is 16.8. The van der Waals surface area contributed by atoms with E-state index in [4.69, 9.17) is 0 Å². The van der Waals surface area contributed by atoms with Gasteiger partial charge in [0.25, 0.3) is 0 Å². The van der Waals surface area contributed by atoms with E-state index in [0.717, 1.165) is 26.2 Å². The second kappa shape index (κ2) is 8.20. The van der Waals surface area contributed by atoms with Crippen LogP contribution in [0.15, 0.2) is 54.6 Å². The van der Waals surface area contributed by atoms with Gasteiger partial charge in [-0.05, 0) is 23.8 Å². The number of thioether (sulfide) groups is 1. The van der Waals surface area contributed by atoms with Crippen LogP contribution in [0, 0.1) is 5.82 Å². The molecule has 1 aliphatic rings. The molecule has 24 heavy (non-hydrogen) atoms. The fraction of sp³-hybridized carbons (Fsp3) is 0.316. The molecule has 1 saturated heterocycles. The number of benzene rings is 2. The zero-order valence-electron chi connectivity index (χ0n) is 13.5. The van der Waals surface area contributed by atoms with Gasteiger partial charge in [0.2, 0.25) is 5.91 Å². The smallest absolute Gasteiger partial charge is 0.232 e. The van der Waals surface area contributed by atoms with Crippen LogP contribution in [0.2, 0.25) is 0 Å². The van der Waals surface area contributed by atoms with Gasteiger partial charge in [-0.2, -0.15) is 0 Å². The largest absolute Gasteiger partial charge is 0.368 e. The summed E-state index contributed by atoms with van der Waals surface area (Å²) in [5.41, 5.74) is 1.86. The molecule has 1 heterocycles. The number of anilines is 1. The van der Waals surface area contributed by atoms with Crippen molar-refractivity contribution in [3.8, 4) is 0 Å². The molecule has 2 aromatic rings. The first-order valence-electron chi connectivity index (χ1n) is 8.13. The van der Waals surface area contributed by atoms with Crippen LogP contribution in [0.3, 0.4) is 0 Å². The normalized spacial score (nSPS) is 14.7. The number of carbonyl (C=O) groups is 1. The highest BCUT2D eigenvalue weighted by Gasteiger charge is 2.21. The molecular formula is C19H21FN2OS. The lowest BCUT2D eigenvalue weighted by atomic mass is 10.2. The van der Waals surface area contributed by atoms with Crippen molar-refractivity contribution in [3.05, 3.63) is 66.0 Å². The molecule has 3 nitrogen and oxygen atoms in total. The highest BCUT2D eigenvalue weighted by Crippen LogP contribution is 2.18. The SMILES string of the molecule is O=C(CSCc1ccccc1F)N1CCN(c2ccccc2)CC1. The third-order valence-electron chi connectivity index (χ3n) is 4.19. The van der Waals surface area contributed by atoms with Crippen LogP contribution in [0.1, 0.15) is 5.56 Å². The van der Waals surface area contributed by atoms with E-state index >= 15 is 0 Å². The summed E-state index contributed by atoms with van der Waals surface area (Å²) >= 11 is 1.47. The van der Waals surface area contributed by atoms with Crippen molar-refractivity contribution in [3.63, 3.8) is 0 Å². The molecular weight excluding hydrogens is 323 g/mol. The van der Waals surface area contributed by atoms with Crippen LogP contribution in [0.25, 0.3) is 0 Å². The van der Waals surface area contributed by atoms with Crippen molar-refractivity contribution in [2.24, 2.45) is 0 Å². The number of rotatable bonds is 5. The molecule has 0 aromatic heterocycles. The van der Waals surface area contributed by atoms with E-state index in [9.17, 15) is 9.18 Å². The van der Waals surface area contributed by atoms with Crippen molar-refractivity contribution >= 4 is 23.4 Å². The summed E-state index contributed by atoms with van der Waals surface area (Å²) in [4.78, 5) is 16.5. The summed E-state index contributed by atoms with van der Waals surface area (Å²) in [6.07, 6.45) is 0. The van der Waals surface area contributed by atoms with Crippen molar-refractivity contribution in [2.45, 2.75) is 5.75 Å². The molecule has 126 valence electrons. The van der Waals surface area contributed by atoms with E-state index in [1.807, 2.05) is 29.2 Å². The number of hydrogen-bond donors (Lipinski definition) is 0. The Bertz CT molecular complexity index is 672. The van der Waals surface area contributed by atoms with E-state index in [2.05, 4.69) is 17.0 Å². The second-order valence-electron chi connectivity index (χ2n) is 5.79. The standard InChI is InChI=1S/C19H21FN2OS/c20-18-9-5-4-6-16(18)14-24-15-19(23)22-12-10-21(11-13-22)17-7-2-1-3-8-17/h1-9H,10-15H2. The van der Waals surface area contributed by atoms with Gasteiger partial charge in [-0.3, -0.25) is 4.79 Å². The predicted octanol–water partition coefficient (Wildman–Crippen LogP) is 3.41. The molecule has 0 bridgehead atoms. The van der Waals surface area contributed by atoms with Gasteiger partial charge in [0.1, 0.15) is 5.82 Å². The number of hydrogen-bond acceptors (Lipinski definition) is 3. The zero-order valence-corrected chi connectivity index (χ0v) is 14.3. The van der Waals surface area contributed by atoms with Crippen molar-refractivity contribution in [2.75, 3.05) is 36.8 Å². The van der Waals surface area contributed by atoms with Crippen LogP contribution >= 0.6 is 11.8 Å². The van der Waals surface area contributed by atoms with Crippen LogP contribution < -0.4 is 4.90 Å². The summed E-state index contributed by atoms with van der Waals surface area (Å²) in [7, 11) is 0. The van der Waals surface area contributed by atoms with Crippen LogP contribution in [0.5, 0.6) is 0 Å². The van der Waals surface area contributed by atoms with E-state index in [0.29, 0.717) is 17.1 Å². The molecule has 3 rings (SSSR count). The minimum atomic E-state index is -0.200. The Labute approximate surface area is 146 Å². The average molecular weight is 344 g/mol. The lowest BCUT2D eigenvalue weighted by Crippen LogP contribution is -2.49. The first-order valence-corrected chi connectivity index (χ1v) is 9.28. The van der Waals surface area contributed by atoms with Gasteiger partial charge >= 0.3 is 0 Å². The topological polar surface area (TPSA) is 23.6 Å². The van der Waals surface area contributed by atoms with Crippen LogP contribution in [-0.2, 0) is 10.5 Å². The van der Waals surface area contributed by atoms with E-state index in [1.165, 1.54) is 23.5 Å². The number of nitrogens with zero attached hydrogens (tertiary/aromatic N) is 2. The van der Waals surface area contributed by atoms with Gasteiger partial charge in [0, 0.05) is 37.6 Å². The molecule has 0 N–H and O–H groups in total. The van der Waals surface area contributed by atoms with Crippen LogP contribution in [-0.4, -0.2) is 42.7 Å². The van der Waals surface area contributed by atoms with E-state index in [-0.39, 0.29) is 11.7 Å². The summed E-state index contributed by atoms with van der Waals surface area (Å²) < 4.78 is 13.6. The van der Waals surface area contributed by atoms with Gasteiger partial charge in [-0.1, -0.05) is 36.4 Å². The Morgan fingerprint density at radius 2 is 1.62 bits per heavy atom. The fourth-order valence-corrected chi connectivity index (χ4v) is 3.72. The maximum Gasteiger partial charge on any atom is 0.232 e. The van der Waals surface area contributed by atoms with E-state index in [1.54, 1.807) is 12.1 Å². The monoisotopic (exact) mass is 344 g/mol. The first-order chi connectivity index (χ1) is 11.7. The number of carbonyl (C=O) groups excluding carboxylic acids is 1. The molecule has 0 atom stereocenters. The number of piperazine rings is 1. The van der Waals surface area contributed by atoms with Gasteiger partial charge in [-0.25, -0.2) is 4.39 Å². The molecule has 1 amide bonds. The maximum absolute atomic E-state index is 13.6. The molecule has 2 aromatic carbocycles. The minimum Gasteiger partial charge on any atom is -0.368 e. The predicted molar refractivity (Wildman–Crippen MR) is 97.8 cm³/mol. The molecule has 0 aliphatic carbocycles. The van der Waals surface area contributed by atoms with Crippen molar-refractivity contribution in [1.29, 1.82) is 0 Å². The Morgan fingerprint density at radius 3 is 2.33 bits per heavy atom. The molecule has 5 heteroatoms. The highest BCUT2D eigenvalue weighted by molar-refractivity contribution is 7.99. The van der Waals surface area contributed by atoms with Gasteiger partial charge in [0.05, 0.1) is 5.75 Å². The molecule has 0 spiro atoms. The van der Waals surface area contributed by atoms with Gasteiger partial charge in [0.15, 0.2) is 0 Å². The van der Waals surface area contributed by atoms with Crippen molar-refractivity contribution < 1.29 is 9.18 Å². The zero-order chi connectivity index (χ0) is 16.8. The summed E-state index contributed by atoms with van der Waals surface area (Å²) in [5, 5.41) is 0. The van der Waals surface area contributed by atoms with Gasteiger partial charge in [-0.15, -0.1) is 11.8 Å². The molecule has 1 aliphatic heterocycles. The Hall–Kier alpha value is -2.01. The Balaban J connectivity index is 1.43. The summed E-state index contributed by atoms with van der Waals surface area (Å²) in [6.45, 7) is 3.20. The van der Waals surface area contributed by atoms with Crippen molar-refractivity contribution in [1.82, 2.24) is 4.90 Å². The number of amides is 1. The maximum atomic E-state index is 13.6. The summed E-state index contributed by atoms with van der Waals surface area (Å²) in [5.74, 6) is 0.875. The minimum absolute atomic E-state index is 0.143. The average Bonchev–Trinajstić information content (AvgIpc) is 2.64. The molecule has 1 fully saturated rings. The van der Waals surface area contributed by atoms with Gasteiger partial charge < -0.3 is 9.80 Å². The lowest BCUT2D eigenvalue weighted by Gasteiger charge is -2.36. The third-order valence-corrected chi connectivity index (χ3v) is 5.16. The molecule has 0 unspecified atom stereocenters. The third kappa shape index (κ3) is 4.29. The molecule has 0 saturated carbocycles. The fourth-order valence-electron chi connectivity index (χ4n) is 2.81. The number of halogens is 1. The Kier molecular flexibility index (Phi) is 5.75. The highest BCUT2D eigenvalue weighted by atomic mass is 32.2. The lowest BCUT2D eigenvalue weighted by molar-refractivity contribution is -0.128. The van der Waals surface area contributed by atoms with E-state index < -0.39 is 0 Å². The quantitative estimate of drug-likeness (QED) is 0.830. The Morgan fingerprint density at radius 1 is 0.958 bits per heavy atom.